The number of aliphatic imine (C=N–C) groups is 1. The second-order valence-corrected chi connectivity index (χ2v) is 7.71. The summed E-state index contributed by atoms with van der Waals surface area (Å²) in [6, 6.07) is 8.60. The van der Waals surface area contributed by atoms with Crippen molar-refractivity contribution in [3.05, 3.63) is 24.3 Å². The molecule has 3 rings (SSSR count). The molecular weight excluding hydrogens is 366 g/mol. The molecule has 1 saturated heterocycles. The molecule has 29 heavy (non-hydrogen) atoms. The smallest absolute Gasteiger partial charge is 0.222 e. The van der Waals surface area contributed by atoms with E-state index in [4.69, 9.17) is 9.73 Å². The largest absolute Gasteiger partial charge is 0.497 e. The van der Waals surface area contributed by atoms with Gasteiger partial charge in [0.05, 0.1) is 13.7 Å². The number of methoxy groups -OCH3 is 1. The summed E-state index contributed by atoms with van der Waals surface area (Å²) in [7, 11) is 1.69. The second kappa shape index (κ2) is 10.9. The van der Waals surface area contributed by atoms with Gasteiger partial charge in [0.15, 0.2) is 5.96 Å². The zero-order valence-electron chi connectivity index (χ0n) is 17.8. The van der Waals surface area contributed by atoms with Gasteiger partial charge in [0.25, 0.3) is 0 Å². The molecule has 0 unspecified atom stereocenters. The zero-order chi connectivity index (χ0) is 20.5. The number of benzene rings is 1. The summed E-state index contributed by atoms with van der Waals surface area (Å²) in [4.78, 5) is 21.5. The van der Waals surface area contributed by atoms with Gasteiger partial charge >= 0.3 is 0 Å². The van der Waals surface area contributed by atoms with Gasteiger partial charge in [0.2, 0.25) is 5.91 Å². The molecule has 2 N–H and O–H groups in total. The van der Waals surface area contributed by atoms with Crippen molar-refractivity contribution in [2.45, 2.75) is 45.1 Å². The number of rotatable bonds is 7. The van der Waals surface area contributed by atoms with Gasteiger partial charge in [-0.1, -0.05) is 12.8 Å². The molecule has 1 heterocycles. The number of carbonyl (C=O) groups is 1. The molecule has 1 aromatic carbocycles. The Morgan fingerprint density at radius 1 is 1.14 bits per heavy atom. The molecular formula is C22H35N5O2. The Morgan fingerprint density at radius 3 is 2.45 bits per heavy atom. The van der Waals surface area contributed by atoms with Crippen molar-refractivity contribution in [3.63, 3.8) is 0 Å². The van der Waals surface area contributed by atoms with Crippen molar-refractivity contribution in [2.24, 2.45) is 4.99 Å². The second-order valence-electron chi connectivity index (χ2n) is 7.71. The Hall–Kier alpha value is -2.44. The summed E-state index contributed by atoms with van der Waals surface area (Å²) in [6.45, 7) is 7.14. The van der Waals surface area contributed by atoms with Crippen molar-refractivity contribution in [2.75, 3.05) is 51.3 Å². The first-order chi connectivity index (χ1) is 14.2. The van der Waals surface area contributed by atoms with Crippen LogP contribution in [0.25, 0.3) is 0 Å². The lowest BCUT2D eigenvalue weighted by atomic mass is 10.2. The molecule has 0 atom stereocenters. The Balaban J connectivity index is 1.47. The standard InChI is InChI=1S/C22H35N5O2/c1-3-23-22(24-13-12-21(28)25-18-6-4-5-7-18)27-16-14-26(15-17-27)19-8-10-20(29-2)11-9-19/h8-11,18H,3-7,12-17H2,1-2H3,(H,23,24)(H,25,28). The number of hydrogen-bond acceptors (Lipinski definition) is 4. The molecule has 7 nitrogen and oxygen atoms in total. The molecule has 7 heteroatoms. The summed E-state index contributed by atoms with van der Waals surface area (Å²) >= 11 is 0. The van der Waals surface area contributed by atoms with E-state index in [0.717, 1.165) is 57.3 Å². The fourth-order valence-electron chi connectivity index (χ4n) is 4.03. The number of nitrogens with zero attached hydrogens (tertiary/aromatic N) is 3. The first-order valence-electron chi connectivity index (χ1n) is 10.9. The normalized spacial score (nSPS) is 18.1. The van der Waals surface area contributed by atoms with E-state index in [1.54, 1.807) is 7.11 Å². The third kappa shape index (κ3) is 6.27. The summed E-state index contributed by atoms with van der Waals surface area (Å²) in [5, 5.41) is 6.52. The van der Waals surface area contributed by atoms with Crippen LogP contribution in [-0.4, -0.2) is 69.2 Å². The summed E-state index contributed by atoms with van der Waals surface area (Å²) < 4.78 is 5.24. The van der Waals surface area contributed by atoms with E-state index in [1.807, 2.05) is 12.1 Å². The molecule has 2 fully saturated rings. The lowest BCUT2D eigenvalue weighted by Crippen LogP contribution is -2.52. The van der Waals surface area contributed by atoms with E-state index in [9.17, 15) is 4.79 Å². The van der Waals surface area contributed by atoms with Gasteiger partial charge in [0.1, 0.15) is 5.75 Å². The number of guanidine groups is 1. The van der Waals surface area contributed by atoms with Crippen LogP contribution in [0.15, 0.2) is 29.3 Å². The number of piperazine rings is 1. The quantitative estimate of drug-likeness (QED) is 0.542. The number of amides is 1. The number of ether oxygens (including phenoxy) is 1. The summed E-state index contributed by atoms with van der Waals surface area (Å²) in [5.74, 6) is 1.92. The highest BCUT2D eigenvalue weighted by molar-refractivity contribution is 5.81. The van der Waals surface area contributed by atoms with Gasteiger partial charge in [-0.25, -0.2) is 0 Å². The van der Waals surface area contributed by atoms with E-state index in [2.05, 4.69) is 39.5 Å². The van der Waals surface area contributed by atoms with Crippen LogP contribution < -0.4 is 20.3 Å². The minimum Gasteiger partial charge on any atom is -0.497 e. The van der Waals surface area contributed by atoms with Crippen LogP contribution in [0.5, 0.6) is 5.75 Å². The third-order valence-electron chi connectivity index (χ3n) is 5.67. The van der Waals surface area contributed by atoms with Gasteiger partial charge in [-0.15, -0.1) is 0 Å². The average Bonchev–Trinajstić information content (AvgIpc) is 3.26. The zero-order valence-corrected chi connectivity index (χ0v) is 17.8. The van der Waals surface area contributed by atoms with Crippen molar-refractivity contribution >= 4 is 17.6 Å². The van der Waals surface area contributed by atoms with Crippen LogP contribution >= 0.6 is 0 Å². The predicted octanol–water partition coefficient (Wildman–Crippen LogP) is 2.23. The minimum atomic E-state index is 0.126. The predicted molar refractivity (Wildman–Crippen MR) is 118 cm³/mol. The van der Waals surface area contributed by atoms with Crippen LogP contribution in [0.1, 0.15) is 39.0 Å². The molecule has 1 aliphatic carbocycles. The Bertz CT molecular complexity index is 662. The summed E-state index contributed by atoms with van der Waals surface area (Å²) in [5.41, 5.74) is 1.22. The maximum atomic E-state index is 12.1. The van der Waals surface area contributed by atoms with E-state index < -0.39 is 0 Å². The molecule has 1 saturated carbocycles. The van der Waals surface area contributed by atoms with Gasteiger partial charge < -0.3 is 25.2 Å². The van der Waals surface area contributed by atoms with Crippen molar-refractivity contribution < 1.29 is 9.53 Å². The first kappa shape index (κ1) is 21.3. The van der Waals surface area contributed by atoms with Gasteiger partial charge in [-0.3, -0.25) is 9.79 Å². The highest BCUT2D eigenvalue weighted by atomic mass is 16.5. The minimum absolute atomic E-state index is 0.126. The van der Waals surface area contributed by atoms with E-state index in [-0.39, 0.29) is 5.91 Å². The van der Waals surface area contributed by atoms with Crippen molar-refractivity contribution in [1.82, 2.24) is 15.5 Å². The topological polar surface area (TPSA) is 69.2 Å². The molecule has 2 aliphatic rings. The van der Waals surface area contributed by atoms with Gasteiger partial charge in [0, 0.05) is 50.9 Å². The fraction of sp³-hybridized carbons (Fsp3) is 0.636. The third-order valence-corrected chi connectivity index (χ3v) is 5.67. The first-order valence-corrected chi connectivity index (χ1v) is 10.9. The Morgan fingerprint density at radius 2 is 1.83 bits per heavy atom. The van der Waals surface area contributed by atoms with Crippen LogP contribution in [0, 0.1) is 0 Å². The van der Waals surface area contributed by atoms with Crippen molar-refractivity contribution in [1.29, 1.82) is 0 Å². The van der Waals surface area contributed by atoms with Crippen LogP contribution in [0.3, 0.4) is 0 Å². The number of anilines is 1. The lowest BCUT2D eigenvalue weighted by Gasteiger charge is -2.37. The maximum Gasteiger partial charge on any atom is 0.222 e. The SMILES string of the molecule is CCNC(=NCCC(=O)NC1CCCC1)N1CCN(c2ccc(OC)cc2)CC1. The molecule has 1 aliphatic heterocycles. The van der Waals surface area contributed by atoms with Gasteiger partial charge in [-0.2, -0.15) is 0 Å². The van der Waals surface area contributed by atoms with Crippen LogP contribution in [0.4, 0.5) is 5.69 Å². The lowest BCUT2D eigenvalue weighted by molar-refractivity contribution is -0.121. The highest BCUT2D eigenvalue weighted by Crippen LogP contribution is 2.20. The molecule has 1 aromatic rings. The van der Waals surface area contributed by atoms with E-state index in [0.29, 0.717) is 19.0 Å². The van der Waals surface area contributed by atoms with Crippen LogP contribution in [0.2, 0.25) is 0 Å². The number of hydrogen-bond donors (Lipinski definition) is 2. The van der Waals surface area contributed by atoms with E-state index >= 15 is 0 Å². The highest BCUT2D eigenvalue weighted by Gasteiger charge is 2.20. The molecule has 0 spiro atoms. The van der Waals surface area contributed by atoms with E-state index in [1.165, 1.54) is 18.5 Å². The molecule has 1 amide bonds. The van der Waals surface area contributed by atoms with Crippen molar-refractivity contribution in [3.8, 4) is 5.75 Å². The molecule has 0 aromatic heterocycles. The Kier molecular flexibility index (Phi) is 8.02. The monoisotopic (exact) mass is 401 g/mol. The molecule has 0 radical (unpaired) electrons. The number of carbonyl (C=O) groups excluding carboxylic acids is 1. The molecule has 0 bridgehead atoms. The number of nitrogens with one attached hydrogen (secondary N) is 2. The average molecular weight is 402 g/mol. The fourth-order valence-corrected chi connectivity index (χ4v) is 4.03. The van der Waals surface area contributed by atoms with Crippen LogP contribution in [-0.2, 0) is 4.79 Å². The maximum absolute atomic E-state index is 12.1. The van der Waals surface area contributed by atoms with Gasteiger partial charge in [-0.05, 0) is 44.0 Å². The Labute approximate surface area is 174 Å². The summed E-state index contributed by atoms with van der Waals surface area (Å²) in [6.07, 6.45) is 5.16. The molecule has 160 valence electrons.